The van der Waals surface area contributed by atoms with Crippen molar-refractivity contribution in [3.05, 3.63) is 23.2 Å². The lowest BCUT2D eigenvalue weighted by atomic mass is 9.81. The summed E-state index contributed by atoms with van der Waals surface area (Å²) < 4.78 is 1.81. The minimum absolute atomic E-state index is 0.793. The molecule has 0 aromatic carbocycles. The van der Waals surface area contributed by atoms with Gasteiger partial charge in [-0.2, -0.15) is 5.10 Å². The Labute approximate surface area is 105 Å². The molecule has 2 N–H and O–H groups in total. The Morgan fingerprint density at radius 1 is 1.53 bits per heavy atom. The highest BCUT2D eigenvalue weighted by Crippen LogP contribution is 2.37. The van der Waals surface area contributed by atoms with E-state index in [1.807, 2.05) is 11.7 Å². The van der Waals surface area contributed by atoms with Gasteiger partial charge in [-0.25, -0.2) is 0 Å². The van der Waals surface area contributed by atoms with Crippen LogP contribution in [0.15, 0.2) is 17.5 Å². The highest BCUT2D eigenvalue weighted by atomic mass is 32.1. The second kappa shape index (κ2) is 4.18. The number of nitrogen functional groups attached to an aromatic ring is 1. The van der Waals surface area contributed by atoms with Crippen LogP contribution >= 0.6 is 11.3 Å². The van der Waals surface area contributed by atoms with E-state index >= 15 is 0 Å². The first-order chi connectivity index (χ1) is 8.25. The molecule has 0 spiro atoms. The van der Waals surface area contributed by atoms with Crippen LogP contribution in [0, 0.1) is 5.92 Å². The first-order valence-corrected chi connectivity index (χ1v) is 6.99. The third-order valence-corrected chi connectivity index (χ3v) is 4.53. The Balaban J connectivity index is 1.99. The zero-order valence-electron chi connectivity index (χ0n) is 10.0. The third-order valence-electron chi connectivity index (χ3n) is 3.64. The van der Waals surface area contributed by atoms with Crippen molar-refractivity contribution in [2.24, 2.45) is 13.0 Å². The number of hydrogen-bond donors (Lipinski definition) is 1. The summed E-state index contributed by atoms with van der Waals surface area (Å²) in [6, 6.07) is 4.20. The molecule has 1 saturated carbocycles. The van der Waals surface area contributed by atoms with Crippen molar-refractivity contribution in [1.29, 1.82) is 0 Å². The Bertz CT molecular complexity index is 509. The Morgan fingerprint density at radius 2 is 2.35 bits per heavy atom. The van der Waals surface area contributed by atoms with Gasteiger partial charge in [0.1, 0.15) is 5.82 Å². The molecular weight excluding hydrogens is 230 g/mol. The van der Waals surface area contributed by atoms with E-state index in [1.54, 1.807) is 11.3 Å². The predicted octanol–water partition coefficient (Wildman–Crippen LogP) is 3.07. The average Bonchev–Trinajstić information content (AvgIpc) is 2.83. The minimum Gasteiger partial charge on any atom is -0.383 e. The quantitative estimate of drug-likeness (QED) is 0.905. The van der Waals surface area contributed by atoms with E-state index < -0.39 is 0 Å². The fourth-order valence-electron chi connectivity index (χ4n) is 2.40. The van der Waals surface area contributed by atoms with Gasteiger partial charge in [0.2, 0.25) is 0 Å². The maximum atomic E-state index is 6.14. The highest BCUT2D eigenvalue weighted by Gasteiger charge is 2.23. The van der Waals surface area contributed by atoms with Crippen molar-refractivity contribution in [2.45, 2.75) is 25.7 Å². The van der Waals surface area contributed by atoms with Gasteiger partial charge in [-0.05, 0) is 23.8 Å². The zero-order valence-corrected chi connectivity index (χ0v) is 10.8. The first kappa shape index (κ1) is 10.8. The lowest BCUT2D eigenvalue weighted by molar-refractivity contribution is 0.311. The summed E-state index contributed by atoms with van der Waals surface area (Å²) in [7, 11) is 1.93. The van der Waals surface area contributed by atoms with Crippen molar-refractivity contribution in [3.63, 3.8) is 0 Å². The van der Waals surface area contributed by atoms with Gasteiger partial charge in [0.15, 0.2) is 0 Å². The molecule has 0 bridgehead atoms. The van der Waals surface area contributed by atoms with Crippen LogP contribution in [-0.2, 0) is 13.5 Å². The van der Waals surface area contributed by atoms with Gasteiger partial charge in [-0.1, -0.05) is 25.3 Å². The maximum Gasteiger partial charge on any atom is 0.130 e. The topological polar surface area (TPSA) is 43.8 Å². The first-order valence-electron chi connectivity index (χ1n) is 6.11. The van der Waals surface area contributed by atoms with Gasteiger partial charge in [-0.3, -0.25) is 4.68 Å². The summed E-state index contributed by atoms with van der Waals surface area (Å²) in [6.07, 6.45) is 5.15. The normalized spacial score (nSPS) is 16.1. The fraction of sp³-hybridized carbons (Fsp3) is 0.462. The predicted molar refractivity (Wildman–Crippen MR) is 72.0 cm³/mol. The van der Waals surface area contributed by atoms with Crippen LogP contribution < -0.4 is 5.73 Å². The molecule has 4 heteroatoms. The summed E-state index contributed by atoms with van der Waals surface area (Å²) in [5, 5.41) is 6.68. The molecule has 17 heavy (non-hydrogen) atoms. The van der Waals surface area contributed by atoms with E-state index in [4.69, 9.17) is 5.73 Å². The number of nitrogens with two attached hydrogens (primary N) is 1. The molecule has 0 amide bonds. The molecule has 0 atom stereocenters. The summed E-state index contributed by atoms with van der Waals surface area (Å²) in [5.74, 6) is 1.62. The molecule has 1 fully saturated rings. The standard InChI is InChI=1S/C13H17N3S/c1-16-13(14)12(11-6-3-7-17-11)10(15-16)8-9-4-2-5-9/h3,6-7,9H,2,4-5,8,14H2,1H3. The Hall–Kier alpha value is -1.29. The van der Waals surface area contributed by atoms with Gasteiger partial charge in [0, 0.05) is 11.9 Å². The molecule has 3 rings (SSSR count). The van der Waals surface area contributed by atoms with Crippen LogP contribution in [0.3, 0.4) is 0 Å². The van der Waals surface area contributed by atoms with E-state index in [-0.39, 0.29) is 0 Å². The van der Waals surface area contributed by atoms with Crippen LogP contribution in [0.25, 0.3) is 10.4 Å². The molecule has 90 valence electrons. The molecule has 0 aliphatic heterocycles. The summed E-state index contributed by atoms with van der Waals surface area (Å²) in [6.45, 7) is 0. The molecule has 3 nitrogen and oxygen atoms in total. The molecule has 1 aliphatic rings. The van der Waals surface area contributed by atoms with Crippen LogP contribution in [0.5, 0.6) is 0 Å². The number of aryl methyl sites for hydroxylation is 1. The van der Waals surface area contributed by atoms with Crippen LogP contribution in [-0.4, -0.2) is 9.78 Å². The minimum atomic E-state index is 0.793. The largest absolute Gasteiger partial charge is 0.383 e. The van der Waals surface area contributed by atoms with Gasteiger partial charge in [0.25, 0.3) is 0 Å². The average molecular weight is 247 g/mol. The summed E-state index contributed by atoms with van der Waals surface area (Å²) in [4.78, 5) is 1.24. The smallest absolute Gasteiger partial charge is 0.130 e. The molecule has 2 heterocycles. The molecule has 0 radical (unpaired) electrons. The van der Waals surface area contributed by atoms with E-state index in [1.165, 1.54) is 29.8 Å². The number of thiophene rings is 1. The van der Waals surface area contributed by atoms with Crippen LogP contribution in [0.4, 0.5) is 5.82 Å². The summed E-state index contributed by atoms with van der Waals surface area (Å²) >= 11 is 1.74. The van der Waals surface area contributed by atoms with Gasteiger partial charge in [-0.15, -0.1) is 11.3 Å². The highest BCUT2D eigenvalue weighted by molar-refractivity contribution is 7.13. The number of hydrogen-bond acceptors (Lipinski definition) is 3. The second-order valence-electron chi connectivity index (χ2n) is 4.81. The monoisotopic (exact) mass is 247 g/mol. The van der Waals surface area contributed by atoms with Crippen molar-refractivity contribution >= 4 is 17.2 Å². The van der Waals surface area contributed by atoms with Crippen molar-refractivity contribution in [3.8, 4) is 10.4 Å². The molecule has 0 saturated heterocycles. The third kappa shape index (κ3) is 1.86. The Morgan fingerprint density at radius 3 is 2.94 bits per heavy atom. The number of nitrogens with zero attached hydrogens (tertiary/aromatic N) is 2. The van der Waals surface area contributed by atoms with E-state index in [9.17, 15) is 0 Å². The number of rotatable bonds is 3. The zero-order chi connectivity index (χ0) is 11.8. The van der Waals surface area contributed by atoms with Gasteiger partial charge in [0.05, 0.1) is 11.3 Å². The van der Waals surface area contributed by atoms with E-state index in [0.717, 1.165) is 23.7 Å². The Kier molecular flexibility index (Phi) is 2.67. The maximum absolute atomic E-state index is 6.14. The van der Waals surface area contributed by atoms with Gasteiger partial charge < -0.3 is 5.73 Å². The van der Waals surface area contributed by atoms with Crippen LogP contribution in [0.2, 0.25) is 0 Å². The lowest BCUT2D eigenvalue weighted by Gasteiger charge is -2.24. The summed E-state index contributed by atoms with van der Waals surface area (Å²) in [5.41, 5.74) is 8.48. The van der Waals surface area contributed by atoms with Crippen molar-refractivity contribution in [1.82, 2.24) is 9.78 Å². The molecular formula is C13H17N3S. The SMILES string of the molecule is Cn1nc(CC2CCC2)c(-c2cccs2)c1N. The van der Waals surface area contributed by atoms with E-state index in [2.05, 4.69) is 22.6 Å². The van der Waals surface area contributed by atoms with E-state index in [0.29, 0.717) is 0 Å². The van der Waals surface area contributed by atoms with Gasteiger partial charge >= 0.3 is 0 Å². The molecule has 2 aromatic rings. The van der Waals surface area contributed by atoms with Crippen molar-refractivity contribution < 1.29 is 0 Å². The van der Waals surface area contributed by atoms with Crippen LogP contribution in [0.1, 0.15) is 25.0 Å². The second-order valence-corrected chi connectivity index (χ2v) is 5.76. The molecule has 1 aliphatic carbocycles. The van der Waals surface area contributed by atoms with Crippen molar-refractivity contribution in [2.75, 3.05) is 5.73 Å². The number of anilines is 1. The lowest BCUT2D eigenvalue weighted by Crippen LogP contribution is -2.14. The number of aromatic nitrogens is 2. The molecule has 2 aromatic heterocycles. The molecule has 0 unspecified atom stereocenters. The fourth-order valence-corrected chi connectivity index (χ4v) is 3.20.